The molecule has 6 aromatic carbocycles. The molecule has 2 aromatic heterocycles. The summed E-state index contributed by atoms with van der Waals surface area (Å²) in [4.78, 5) is 15.0. The van der Waals surface area contributed by atoms with E-state index in [1.165, 1.54) is 16.2 Å². The lowest BCUT2D eigenvalue weighted by Crippen LogP contribution is -2.33. The topological polar surface area (TPSA) is 54.0 Å². The minimum absolute atomic E-state index is 0.285. The van der Waals surface area contributed by atoms with Gasteiger partial charge < -0.3 is 5.32 Å². The SMILES string of the molecule is c1ccc(C2=NC(c3cccc(-c4ccc5c(c4)c4ccccc4c4nc6ccccn6c54)c3)NC(c3ccccc3)=N2)cc1. The van der Waals surface area contributed by atoms with E-state index in [1.807, 2.05) is 42.5 Å². The second kappa shape index (κ2) is 10.3. The zero-order chi connectivity index (χ0) is 29.7. The number of nitrogens with zero attached hydrogens (tertiary/aromatic N) is 4. The van der Waals surface area contributed by atoms with Gasteiger partial charge in [-0.3, -0.25) is 4.40 Å². The number of amidine groups is 2. The summed E-state index contributed by atoms with van der Waals surface area (Å²) in [6.07, 6.45) is 1.82. The van der Waals surface area contributed by atoms with Crippen LogP contribution in [0.3, 0.4) is 0 Å². The largest absolute Gasteiger partial charge is 0.344 e. The fourth-order valence-electron chi connectivity index (χ4n) is 6.49. The number of nitrogens with one attached hydrogen (secondary N) is 1. The predicted octanol–water partition coefficient (Wildman–Crippen LogP) is 8.96. The van der Waals surface area contributed by atoms with Crippen LogP contribution in [0.2, 0.25) is 0 Å². The van der Waals surface area contributed by atoms with Crippen LogP contribution in [-0.2, 0) is 0 Å². The highest BCUT2D eigenvalue weighted by molar-refractivity contribution is 6.24. The molecule has 9 rings (SSSR count). The molecule has 0 radical (unpaired) electrons. The minimum atomic E-state index is -0.285. The fourth-order valence-corrected chi connectivity index (χ4v) is 6.49. The van der Waals surface area contributed by atoms with Crippen molar-refractivity contribution in [2.45, 2.75) is 6.17 Å². The van der Waals surface area contributed by atoms with Gasteiger partial charge in [0.15, 0.2) is 5.84 Å². The number of rotatable bonds is 4. The maximum Gasteiger partial charge on any atom is 0.159 e. The van der Waals surface area contributed by atoms with E-state index in [1.54, 1.807) is 0 Å². The van der Waals surface area contributed by atoms with Crippen LogP contribution in [0.5, 0.6) is 0 Å². The Morgan fingerprint density at radius 1 is 0.533 bits per heavy atom. The van der Waals surface area contributed by atoms with Gasteiger partial charge in [0.1, 0.15) is 17.6 Å². The van der Waals surface area contributed by atoms with Crippen molar-refractivity contribution in [3.8, 4) is 11.1 Å². The van der Waals surface area contributed by atoms with Crippen LogP contribution in [0, 0.1) is 0 Å². The molecule has 0 bridgehead atoms. The second-order valence-corrected chi connectivity index (χ2v) is 11.4. The van der Waals surface area contributed by atoms with E-state index < -0.39 is 0 Å². The molecule has 1 atom stereocenters. The molecule has 8 aromatic rings. The van der Waals surface area contributed by atoms with Gasteiger partial charge in [-0.1, -0.05) is 121 Å². The van der Waals surface area contributed by atoms with Crippen molar-refractivity contribution in [2.75, 3.05) is 0 Å². The molecule has 0 spiro atoms. The number of hydrogen-bond acceptors (Lipinski definition) is 4. The van der Waals surface area contributed by atoms with Crippen molar-refractivity contribution in [3.05, 3.63) is 168 Å². The third-order valence-electron chi connectivity index (χ3n) is 8.63. The minimum Gasteiger partial charge on any atom is -0.344 e. The van der Waals surface area contributed by atoms with Crippen molar-refractivity contribution in [1.82, 2.24) is 14.7 Å². The Bertz CT molecular complexity index is 2460. The van der Waals surface area contributed by atoms with Gasteiger partial charge in [0.25, 0.3) is 0 Å². The highest BCUT2D eigenvalue weighted by atomic mass is 15.2. The van der Waals surface area contributed by atoms with Crippen LogP contribution in [0.15, 0.2) is 162 Å². The average molecular weight is 578 g/mol. The first-order valence-corrected chi connectivity index (χ1v) is 15.2. The Balaban J connectivity index is 1.18. The summed E-state index contributed by atoms with van der Waals surface area (Å²) in [5.74, 6) is 1.53. The van der Waals surface area contributed by atoms with Crippen LogP contribution >= 0.6 is 0 Å². The third kappa shape index (κ3) is 4.28. The van der Waals surface area contributed by atoms with Gasteiger partial charge in [-0.25, -0.2) is 15.0 Å². The van der Waals surface area contributed by atoms with E-state index >= 15 is 0 Å². The molecule has 212 valence electrons. The molecular weight excluding hydrogens is 550 g/mol. The molecule has 1 aliphatic rings. The van der Waals surface area contributed by atoms with Crippen LogP contribution < -0.4 is 5.32 Å². The van der Waals surface area contributed by atoms with Crippen molar-refractivity contribution in [2.24, 2.45) is 9.98 Å². The monoisotopic (exact) mass is 577 g/mol. The Kier molecular flexibility index (Phi) is 5.81. The first kappa shape index (κ1) is 25.4. The van der Waals surface area contributed by atoms with Crippen molar-refractivity contribution >= 4 is 49.9 Å². The lowest BCUT2D eigenvalue weighted by Gasteiger charge is -2.24. The maximum absolute atomic E-state index is 5.09. The molecule has 1 aliphatic heterocycles. The number of pyridine rings is 1. The summed E-state index contributed by atoms with van der Waals surface area (Å²) in [5, 5.41) is 8.38. The molecule has 0 fully saturated rings. The van der Waals surface area contributed by atoms with Gasteiger partial charge in [-0.2, -0.15) is 0 Å². The van der Waals surface area contributed by atoms with E-state index in [-0.39, 0.29) is 6.17 Å². The summed E-state index contributed by atoms with van der Waals surface area (Å²) in [7, 11) is 0. The fraction of sp³-hybridized carbons (Fsp3) is 0.0250. The number of imidazole rings is 1. The standard InChI is InChI=1S/C40H27N5/c1-3-12-26(13-4-1)38-42-39(27-14-5-2-6-15-27)44-40(43-38)30-17-11-16-28(24-30)29-21-22-33-34(25-29)31-18-7-8-19-32(31)36-37(33)45-23-10-9-20-35(45)41-36/h1-25,40H,(H,42,43,44). The normalized spacial score (nSPS) is 14.9. The van der Waals surface area contributed by atoms with Crippen molar-refractivity contribution in [1.29, 1.82) is 0 Å². The highest BCUT2D eigenvalue weighted by Crippen LogP contribution is 2.37. The zero-order valence-corrected chi connectivity index (χ0v) is 24.3. The summed E-state index contributed by atoms with van der Waals surface area (Å²) >= 11 is 0. The van der Waals surface area contributed by atoms with Crippen molar-refractivity contribution < 1.29 is 0 Å². The van der Waals surface area contributed by atoms with Gasteiger partial charge in [-0.15, -0.1) is 0 Å². The predicted molar refractivity (Wildman–Crippen MR) is 185 cm³/mol. The Morgan fingerprint density at radius 3 is 2.09 bits per heavy atom. The summed E-state index contributed by atoms with van der Waals surface area (Å²) in [5.41, 5.74) is 8.52. The number of aliphatic imine (C=N–C) groups is 2. The van der Waals surface area contributed by atoms with Crippen molar-refractivity contribution in [3.63, 3.8) is 0 Å². The smallest absolute Gasteiger partial charge is 0.159 e. The second-order valence-electron chi connectivity index (χ2n) is 11.4. The first-order valence-electron chi connectivity index (χ1n) is 15.2. The maximum atomic E-state index is 5.09. The van der Waals surface area contributed by atoms with Gasteiger partial charge >= 0.3 is 0 Å². The van der Waals surface area contributed by atoms with Gasteiger partial charge in [-0.05, 0) is 51.7 Å². The van der Waals surface area contributed by atoms with Crippen LogP contribution in [-0.4, -0.2) is 21.1 Å². The summed E-state index contributed by atoms with van der Waals surface area (Å²) in [6, 6.07) is 50.7. The molecule has 1 unspecified atom stereocenters. The van der Waals surface area contributed by atoms with Crippen LogP contribution in [0.1, 0.15) is 22.9 Å². The van der Waals surface area contributed by atoms with E-state index in [4.69, 9.17) is 15.0 Å². The van der Waals surface area contributed by atoms with E-state index in [2.05, 4.69) is 119 Å². The van der Waals surface area contributed by atoms with Gasteiger partial charge in [0.05, 0.1) is 11.0 Å². The number of hydrogen-bond donors (Lipinski definition) is 1. The van der Waals surface area contributed by atoms with Gasteiger partial charge in [0, 0.05) is 28.1 Å². The van der Waals surface area contributed by atoms with E-state index in [9.17, 15) is 0 Å². The Morgan fingerprint density at radius 2 is 1.24 bits per heavy atom. The number of aromatic nitrogens is 2. The molecular formula is C40H27N5. The summed E-state index contributed by atoms with van der Waals surface area (Å²) < 4.78 is 2.20. The Hall–Kier alpha value is -6.07. The molecule has 0 amide bonds. The Labute approximate surface area is 259 Å². The van der Waals surface area contributed by atoms with Crippen LogP contribution in [0.4, 0.5) is 0 Å². The molecule has 1 N–H and O–H groups in total. The van der Waals surface area contributed by atoms with E-state index in [0.29, 0.717) is 0 Å². The third-order valence-corrected chi connectivity index (χ3v) is 8.63. The first-order chi connectivity index (χ1) is 22.3. The lowest BCUT2D eigenvalue weighted by molar-refractivity contribution is 0.674. The number of fused-ring (bicyclic) bond motifs is 8. The molecule has 0 saturated carbocycles. The molecule has 5 nitrogen and oxygen atoms in total. The molecule has 0 aliphatic carbocycles. The lowest BCUT2D eigenvalue weighted by atomic mass is 9.95. The zero-order valence-electron chi connectivity index (χ0n) is 24.3. The summed E-state index contributed by atoms with van der Waals surface area (Å²) in [6.45, 7) is 0. The molecule has 0 saturated heterocycles. The van der Waals surface area contributed by atoms with Gasteiger partial charge in [0.2, 0.25) is 0 Å². The number of benzene rings is 6. The molecule has 45 heavy (non-hydrogen) atoms. The quantitative estimate of drug-likeness (QED) is 0.212. The molecule has 3 heterocycles. The van der Waals surface area contributed by atoms with E-state index in [0.717, 1.165) is 61.6 Å². The molecule has 5 heteroatoms. The van der Waals surface area contributed by atoms with Crippen LogP contribution in [0.25, 0.3) is 49.4 Å². The average Bonchev–Trinajstić information content (AvgIpc) is 3.52. The highest BCUT2D eigenvalue weighted by Gasteiger charge is 2.21.